The van der Waals surface area contributed by atoms with Crippen LogP contribution in [0.1, 0.15) is 12.5 Å². The number of hydrogen-bond acceptors (Lipinski definition) is 3. The lowest BCUT2D eigenvalue weighted by Gasteiger charge is -2.11. The average molecular weight is 211 g/mol. The van der Waals surface area contributed by atoms with Crippen molar-refractivity contribution in [1.82, 2.24) is 5.32 Å². The number of esters is 1. The molecule has 0 aliphatic rings. The van der Waals surface area contributed by atoms with E-state index in [1.165, 1.54) is 19.2 Å². The van der Waals surface area contributed by atoms with Gasteiger partial charge in [0.25, 0.3) is 0 Å². The van der Waals surface area contributed by atoms with Gasteiger partial charge in [-0.25, -0.2) is 4.39 Å². The first-order chi connectivity index (χ1) is 7.13. The standard InChI is InChI=1S/C11H14FNO2/c1-8(11(14)15-2)13-7-9-4-3-5-10(12)6-9/h3-6,8,13H,7H2,1-2H3/t8-/m0/s1. The Morgan fingerprint density at radius 2 is 2.33 bits per heavy atom. The van der Waals surface area contributed by atoms with Crippen molar-refractivity contribution < 1.29 is 13.9 Å². The molecular formula is C11H14FNO2. The van der Waals surface area contributed by atoms with E-state index in [2.05, 4.69) is 10.1 Å². The van der Waals surface area contributed by atoms with Gasteiger partial charge in [-0.1, -0.05) is 12.1 Å². The zero-order chi connectivity index (χ0) is 11.3. The van der Waals surface area contributed by atoms with Crippen LogP contribution in [0.25, 0.3) is 0 Å². The van der Waals surface area contributed by atoms with Crippen molar-refractivity contribution in [1.29, 1.82) is 0 Å². The van der Waals surface area contributed by atoms with Gasteiger partial charge in [0.2, 0.25) is 0 Å². The van der Waals surface area contributed by atoms with Crippen LogP contribution in [0.5, 0.6) is 0 Å². The number of ether oxygens (including phenoxy) is 1. The summed E-state index contributed by atoms with van der Waals surface area (Å²) in [4.78, 5) is 11.0. The molecule has 1 atom stereocenters. The van der Waals surface area contributed by atoms with Crippen molar-refractivity contribution in [3.05, 3.63) is 35.6 Å². The Morgan fingerprint density at radius 1 is 1.60 bits per heavy atom. The Balaban J connectivity index is 2.47. The van der Waals surface area contributed by atoms with E-state index < -0.39 is 6.04 Å². The Bertz CT molecular complexity index is 341. The van der Waals surface area contributed by atoms with Crippen LogP contribution in [0.3, 0.4) is 0 Å². The van der Waals surface area contributed by atoms with Crippen LogP contribution in [0.15, 0.2) is 24.3 Å². The maximum atomic E-state index is 12.8. The molecule has 3 nitrogen and oxygen atoms in total. The van der Waals surface area contributed by atoms with E-state index in [0.717, 1.165) is 5.56 Å². The summed E-state index contributed by atoms with van der Waals surface area (Å²) in [6.45, 7) is 2.14. The lowest BCUT2D eigenvalue weighted by Crippen LogP contribution is -2.34. The maximum absolute atomic E-state index is 12.8. The van der Waals surface area contributed by atoms with E-state index in [1.54, 1.807) is 19.1 Å². The lowest BCUT2D eigenvalue weighted by molar-refractivity contribution is -0.142. The maximum Gasteiger partial charge on any atom is 0.322 e. The molecule has 0 heterocycles. The minimum atomic E-state index is -0.390. The summed E-state index contributed by atoms with van der Waals surface area (Å²) in [7, 11) is 1.34. The number of carbonyl (C=O) groups excluding carboxylic acids is 1. The van der Waals surface area contributed by atoms with Crippen molar-refractivity contribution >= 4 is 5.97 Å². The van der Waals surface area contributed by atoms with E-state index >= 15 is 0 Å². The summed E-state index contributed by atoms with van der Waals surface area (Å²) in [5.41, 5.74) is 0.797. The van der Waals surface area contributed by atoms with Crippen LogP contribution < -0.4 is 5.32 Å². The summed E-state index contributed by atoms with van der Waals surface area (Å²) < 4.78 is 17.3. The molecule has 15 heavy (non-hydrogen) atoms. The van der Waals surface area contributed by atoms with Gasteiger partial charge in [0.05, 0.1) is 7.11 Å². The Kier molecular flexibility index (Phi) is 4.24. The van der Waals surface area contributed by atoms with Gasteiger partial charge >= 0.3 is 5.97 Å². The fourth-order valence-corrected chi connectivity index (χ4v) is 1.18. The Morgan fingerprint density at radius 3 is 2.93 bits per heavy atom. The molecule has 0 aliphatic carbocycles. The molecule has 4 heteroatoms. The van der Waals surface area contributed by atoms with Gasteiger partial charge in [-0.2, -0.15) is 0 Å². The molecule has 0 saturated carbocycles. The highest BCUT2D eigenvalue weighted by Gasteiger charge is 2.11. The largest absolute Gasteiger partial charge is 0.468 e. The van der Waals surface area contributed by atoms with Crippen molar-refractivity contribution in [3.63, 3.8) is 0 Å². The zero-order valence-corrected chi connectivity index (χ0v) is 8.79. The molecule has 0 spiro atoms. The first-order valence-electron chi connectivity index (χ1n) is 4.69. The molecule has 1 rings (SSSR count). The number of rotatable bonds is 4. The highest BCUT2D eigenvalue weighted by molar-refractivity contribution is 5.75. The average Bonchev–Trinajstić information content (AvgIpc) is 2.25. The van der Waals surface area contributed by atoms with Gasteiger partial charge < -0.3 is 10.1 Å². The Labute approximate surface area is 88.2 Å². The normalized spacial score (nSPS) is 12.2. The van der Waals surface area contributed by atoms with Crippen molar-refractivity contribution in [3.8, 4) is 0 Å². The van der Waals surface area contributed by atoms with Crippen LogP contribution in [0.2, 0.25) is 0 Å². The molecule has 0 radical (unpaired) electrons. The predicted octanol–water partition coefficient (Wildman–Crippen LogP) is 1.48. The minimum absolute atomic E-state index is 0.278. The molecule has 1 aromatic carbocycles. The molecule has 0 unspecified atom stereocenters. The number of benzene rings is 1. The van der Waals surface area contributed by atoms with E-state index in [-0.39, 0.29) is 11.8 Å². The second-order valence-electron chi connectivity index (χ2n) is 3.26. The topological polar surface area (TPSA) is 38.3 Å². The molecule has 82 valence electrons. The monoisotopic (exact) mass is 211 g/mol. The number of nitrogens with one attached hydrogen (secondary N) is 1. The number of hydrogen-bond donors (Lipinski definition) is 1. The summed E-state index contributed by atoms with van der Waals surface area (Å²) in [6, 6.07) is 5.85. The summed E-state index contributed by atoms with van der Waals surface area (Å²) in [5.74, 6) is -0.605. The molecular weight excluding hydrogens is 197 g/mol. The molecule has 0 amide bonds. The van der Waals surface area contributed by atoms with Crippen LogP contribution in [0.4, 0.5) is 4.39 Å². The minimum Gasteiger partial charge on any atom is -0.468 e. The molecule has 1 aromatic rings. The summed E-state index contributed by atoms with van der Waals surface area (Å²) >= 11 is 0. The van der Waals surface area contributed by atoms with Crippen molar-refractivity contribution in [2.45, 2.75) is 19.5 Å². The highest BCUT2D eigenvalue weighted by Crippen LogP contribution is 2.03. The Hall–Kier alpha value is -1.42. The van der Waals surface area contributed by atoms with Gasteiger partial charge in [0.1, 0.15) is 11.9 Å². The van der Waals surface area contributed by atoms with Gasteiger partial charge in [0, 0.05) is 6.54 Å². The number of carbonyl (C=O) groups is 1. The third kappa shape index (κ3) is 3.67. The van der Waals surface area contributed by atoms with Crippen LogP contribution >= 0.6 is 0 Å². The SMILES string of the molecule is COC(=O)[C@H](C)NCc1cccc(F)c1. The van der Waals surface area contributed by atoms with Crippen LogP contribution in [0, 0.1) is 5.82 Å². The smallest absolute Gasteiger partial charge is 0.322 e. The van der Waals surface area contributed by atoms with Gasteiger partial charge in [0.15, 0.2) is 0 Å². The summed E-state index contributed by atoms with van der Waals surface area (Å²) in [5, 5.41) is 2.94. The molecule has 0 bridgehead atoms. The fraction of sp³-hybridized carbons (Fsp3) is 0.364. The van der Waals surface area contributed by atoms with Crippen LogP contribution in [-0.2, 0) is 16.1 Å². The van der Waals surface area contributed by atoms with Gasteiger partial charge in [-0.05, 0) is 24.6 Å². The molecule has 0 fully saturated rings. The van der Waals surface area contributed by atoms with Gasteiger partial charge in [-0.15, -0.1) is 0 Å². The highest BCUT2D eigenvalue weighted by atomic mass is 19.1. The third-order valence-electron chi connectivity index (χ3n) is 2.06. The zero-order valence-electron chi connectivity index (χ0n) is 8.79. The van der Waals surface area contributed by atoms with E-state index in [4.69, 9.17) is 0 Å². The molecule has 0 aliphatic heterocycles. The second-order valence-corrected chi connectivity index (χ2v) is 3.26. The first-order valence-corrected chi connectivity index (χ1v) is 4.69. The van der Waals surface area contributed by atoms with E-state index in [0.29, 0.717) is 6.54 Å². The van der Waals surface area contributed by atoms with E-state index in [1.807, 2.05) is 0 Å². The number of halogens is 1. The predicted molar refractivity (Wildman–Crippen MR) is 54.7 cm³/mol. The number of methoxy groups -OCH3 is 1. The van der Waals surface area contributed by atoms with Crippen LogP contribution in [-0.4, -0.2) is 19.1 Å². The fourth-order valence-electron chi connectivity index (χ4n) is 1.18. The molecule has 0 aromatic heterocycles. The van der Waals surface area contributed by atoms with Gasteiger partial charge in [-0.3, -0.25) is 4.79 Å². The third-order valence-corrected chi connectivity index (χ3v) is 2.06. The first kappa shape index (κ1) is 11.7. The van der Waals surface area contributed by atoms with E-state index in [9.17, 15) is 9.18 Å². The van der Waals surface area contributed by atoms with Crippen molar-refractivity contribution in [2.75, 3.05) is 7.11 Å². The molecule has 0 saturated heterocycles. The second kappa shape index (κ2) is 5.46. The summed E-state index contributed by atoms with van der Waals surface area (Å²) in [6.07, 6.45) is 0. The quantitative estimate of drug-likeness (QED) is 0.766. The lowest BCUT2D eigenvalue weighted by atomic mass is 10.2. The van der Waals surface area contributed by atoms with Crippen molar-refractivity contribution in [2.24, 2.45) is 0 Å². The molecule has 1 N–H and O–H groups in total.